The number of nitrogens with zero attached hydrogens (tertiary/aromatic N) is 5. The maximum Gasteiger partial charge on any atom is 0.256 e. The number of aryl methyl sites for hydroxylation is 3. The summed E-state index contributed by atoms with van der Waals surface area (Å²) in [6.45, 7) is 4.37. The van der Waals surface area contributed by atoms with Gasteiger partial charge in [-0.3, -0.25) is 9.59 Å². The van der Waals surface area contributed by atoms with Crippen LogP contribution in [0.15, 0.2) is 21.5 Å². The van der Waals surface area contributed by atoms with Gasteiger partial charge in [0, 0.05) is 34.7 Å². The van der Waals surface area contributed by atoms with E-state index >= 15 is 0 Å². The number of pyridine rings is 1. The molecule has 0 radical (unpaired) electrons. The zero-order chi connectivity index (χ0) is 22.7. The van der Waals surface area contributed by atoms with Gasteiger partial charge >= 0.3 is 0 Å². The fourth-order valence-corrected chi connectivity index (χ4v) is 6.06. The molecule has 0 bridgehead atoms. The second-order valence-electron chi connectivity index (χ2n) is 7.82. The van der Waals surface area contributed by atoms with Gasteiger partial charge in [-0.25, -0.2) is 4.68 Å². The van der Waals surface area contributed by atoms with Gasteiger partial charge in [-0.1, -0.05) is 32.7 Å². The first-order chi connectivity index (χ1) is 15.3. The molecule has 1 amide bonds. The SMILES string of the molecule is Cc1nnn(C)c1-c1cc(Br)c2c(c1Cl)C(=O)N(Cc1c(=O)[nH]c(C)c3cnsc13)CC2. The second-order valence-corrected chi connectivity index (χ2v) is 9.86. The van der Waals surface area contributed by atoms with E-state index in [-0.39, 0.29) is 18.0 Å². The van der Waals surface area contributed by atoms with E-state index < -0.39 is 0 Å². The second kappa shape index (κ2) is 7.79. The van der Waals surface area contributed by atoms with E-state index in [0.717, 1.165) is 37.2 Å². The standard InChI is InChI=1S/C21H18BrClN6O2S/c1-9-13-7-24-32-19(13)14(20(30)25-9)8-29-5-4-11-15(22)6-12(17(23)16(11)21(29)31)18-10(2)26-27-28(18)3/h6-7H,4-5,8H2,1-3H3,(H,25,30). The first-order valence-corrected chi connectivity index (χ1v) is 11.8. The minimum atomic E-state index is -0.204. The Morgan fingerprint density at radius 2 is 2.09 bits per heavy atom. The Balaban J connectivity index is 1.60. The Bertz CT molecular complexity index is 1450. The third kappa shape index (κ3) is 3.20. The lowest BCUT2D eigenvalue weighted by Gasteiger charge is -2.30. The molecule has 32 heavy (non-hydrogen) atoms. The summed E-state index contributed by atoms with van der Waals surface area (Å²) in [5.41, 5.74) is 4.61. The molecule has 0 saturated carbocycles. The number of H-pyrrole nitrogens is 1. The van der Waals surface area contributed by atoms with Gasteiger partial charge in [0.2, 0.25) is 0 Å². The Morgan fingerprint density at radius 3 is 2.81 bits per heavy atom. The minimum absolute atomic E-state index is 0.192. The lowest BCUT2D eigenvalue weighted by atomic mass is 9.94. The zero-order valence-electron chi connectivity index (χ0n) is 17.5. The first kappa shape index (κ1) is 21.3. The van der Waals surface area contributed by atoms with Gasteiger partial charge in [-0.2, -0.15) is 4.37 Å². The largest absolute Gasteiger partial charge is 0.334 e. The molecule has 8 nitrogen and oxygen atoms in total. The lowest BCUT2D eigenvalue weighted by molar-refractivity contribution is 0.0727. The van der Waals surface area contributed by atoms with Crippen LogP contribution in [0.5, 0.6) is 0 Å². The number of hydrogen-bond donors (Lipinski definition) is 1. The molecule has 3 aromatic heterocycles. The summed E-state index contributed by atoms with van der Waals surface area (Å²) in [6, 6.07) is 1.92. The number of nitrogens with one attached hydrogen (secondary N) is 1. The van der Waals surface area contributed by atoms with E-state index in [0.29, 0.717) is 34.7 Å². The molecule has 4 aromatic rings. The number of benzene rings is 1. The van der Waals surface area contributed by atoms with Crippen LogP contribution in [0.1, 0.15) is 32.9 Å². The van der Waals surface area contributed by atoms with Gasteiger partial charge in [-0.05, 0) is 43.4 Å². The average molecular weight is 534 g/mol. The van der Waals surface area contributed by atoms with Crippen LogP contribution in [0.3, 0.4) is 0 Å². The van der Waals surface area contributed by atoms with Gasteiger partial charge in [0.15, 0.2) is 0 Å². The van der Waals surface area contributed by atoms with Crippen molar-refractivity contribution in [2.75, 3.05) is 6.54 Å². The summed E-state index contributed by atoms with van der Waals surface area (Å²) in [5.74, 6) is -0.204. The highest BCUT2D eigenvalue weighted by Gasteiger charge is 2.32. The summed E-state index contributed by atoms with van der Waals surface area (Å²) < 4.78 is 7.50. The van der Waals surface area contributed by atoms with Crippen LogP contribution in [-0.2, 0) is 20.0 Å². The number of fused-ring (bicyclic) bond motifs is 2. The van der Waals surface area contributed by atoms with Gasteiger partial charge < -0.3 is 9.88 Å². The summed E-state index contributed by atoms with van der Waals surface area (Å²) in [5, 5.41) is 9.43. The third-order valence-electron chi connectivity index (χ3n) is 5.87. The molecule has 4 heterocycles. The lowest BCUT2D eigenvalue weighted by Crippen LogP contribution is -2.39. The summed E-state index contributed by atoms with van der Waals surface area (Å²) in [7, 11) is 1.79. The monoisotopic (exact) mass is 532 g/mol. The predicted octanol–water partition coefficient (Wildman–Crippen LogP) is 4.01. The number of carbonyl (C=O) groups excluding carboxylic acids is 1. The third-order valence-corrected chi connectivity index (χ3v) is 7.83. The fourth-order valence-electron chi connectivity index (χ4n) is 4.27. The van der Waals surface area contributed by atoms with Gasteiger partial charge in [-0.15, -0.1) is 5.10 Å². The van der Waals surface area contributed by atoms with Crippen LogP contribution in [-0.4, -0.2) is 41.7 Å². The van der Waals surface area contributed by atoms with Crippen LogP contribution in [0, 0.1) is 13.8 Å². The van der Waals surface area contributed by atoms with E-state index in [2.05, 4.69) is 35.6 Å². The van der Waals surface area contributed by atoms with Gasteiger partial charge in [0.1, 0.15) is 0 Å². The molecule has 0 aliphatic carbocycles. The molecule has 5 rings (SSSR count). The molecule has 0 spiro atoms. The predicted molar refractivity (Wildman–Crippen MR) is 127 cm³/mol. The maximum absolute atomic E-state index is 13.6. The van der Waals surface area contributed by atoms with Crippen LogP contribution < -0.4 is 5.56 Å². The molecule has 0 atom stereocenters. The van der Waals surface area contributed by atoms with E-state index in [4.69, 9.17) is 11.6 Å². The molecule has 11 heteroatoms. The highest BCUT2D eigenvalue weighted by Crippen LogP contribution is 2.40. The molecule has 1 aromatic carbocycles. The number of amides is 1. The average Bonchev–Trinajstić information content (AvgIpc) is 3.36. The molecule has 1 aliphatic rings. The van der Waals surface area contributed by atoms with Crippen molar-refractivity contribution in [1.82, 2.24) is 29.3 Å². The normalized spacial score (nSPS) is 13.8. The maximum atomic E-state index is 13.6. The van der Waals surface area contributed by atoms with Crippen molar-refractivity contribution in [1.29, 1.82) is 0 Å². The highest BCUT2D eigenvalue weighted by atomic mass is 79.9. The van der Waals surface area contributed by atoms with E-state index in [9.17, 15) is 9.59 Å². The van der Waals surface area contributed by atoms with Crippen LogP contribution in [0.4, 0.5) is 0 Å². The number of halogens is 2. The molecular weight excluding hydrogens is 516 g/mol. The molecular formula is C21H18BrClN6O2S. The van der Waals surface area contributed by atoms with Crippen LogP contribution in [0.2, 0.25) is 5.02 Å². The Kier molecular flexibility index (Phi) is 5.18. The minimum Gasteiger partial charge on any atom is -0.334 e. The first-order valence-electron chi connectivity index (χ1n) is 9.90. The van der Waals surface area contributed by atoms with E-state index in [1.54, 1.807) is 22.8 Å². The molecule has 0 fully saturated rings. The number of carbonyl (C=O) groups is 1. The van der Waals surface area contributed by atoms with Crippen molar-refractivity contribution < 1.29 is 4.79 Å². The van der Waals surface area contributed by atoms with Crippen molar-refractivity contribution in [2.24, 2.45) is 7.05 Å². The smallest absolute Gasteiger partial charge is 0.256 e. The van der Waals surface area contributed by atoms with Gasteiger partial charge in [0.25, 0.3) is 11.5 Å². The molecule has 1 N–H and O–H groups in total. The van der Waals surface area contributed by atoms with Crippen LogP contribution >= 0.6 is 39.1 Å². The number of aromatic amines is 1. The Hall–Kier alpha value is -2.56. The quantitative estimate of drug-likeness (QED) is 0.429. The highest BCUT2D eigenvalue weighted by molar-refractivity contribution is 9.10. The Labute approximate surface area is 200 Å². The number of aromatic nitrogens is 5. The Morgan fingerprint density at radius 1 is 1.31 bits per heavy atom. The van der Waals surface area contributed by atoms with Crippen molar-refractivity contribution in [2.45, 2.75) is 26.8 Å². The van der Waals surface area contributed by atoms with Crippen molar-refractivity contribution in [3.8, 4) is 11.3 Å². The molecule has 0 saturated heterocycles. The summed E-state index contributed by atoms with van der Waals surface area (Å²) >= 11 is 11.7. The van der Waals surface area contributed by atoms with Crippen molar-refractivity contribution in [3.63, 3.8) is 0 Å². The van der Waals surface area contributed by atoms with E-state index in [1.807, 2.05) is 19.9 Å². The number of rotatable bonds is 3. The topological polar surface area (TPSA) is 96.8 Å². The van der Waals surface area contributed by atoms with Crippen LogP contribution in [0.25, 0.3) is 21.3 Å². The molecule has 164 valence electrons. The summed E-state index contributed by atoms with van der Waals surface area (Å²) in [6.07, 6.45) is 2.37. The van der Waals surface area contributed by atoms with Crippen molar-refractivity contribution >= 4 is 55.1 Å². The molecule has 0 unspecified atom stereocenters. The number of hydrogen-bond acceptors (Lipinski definition) is 6. The summed E-state index contributed by atoms with van der Waals surface area (Å²) in [4.78, 5) is 30.9. The zero-order valence-corrected chi connectivity index (χ0v) is 20.7. The van der Waals surface area contributed by atoms with E-state index in [1.165, 1.54) is 11.5 Å². The van der Waals surface area contributed by atoms with Crippen molar-refractivity contribution in [3.05, 3.63) is 60.2 Å². The van der Waals surface area contributed by atoms with Gasteiger partial charge in [0.05, 0.1) is 45.0 Å². The molecule has 1 aliphatic heterocycles. The fraction of sp³-hybridized carbons (Fsp3) is 0.286.